The molecular weight excluding hydrogens is 226 g/mol. The van der Waals surface area contributed by atoms with E-state index in [2.05, 4.69) is 20.6 Å². The molecule has 1 aromatic rings. The van der Waals surface area contributed by atoms with Crippen LogP contribution < -0.4 is 16.4 Å². The van der Waals surface area contributed by atoms with Gasteiger partial charge in [0.1, 0.15) is 5.82 Å². The average molecular weight is 247 g/mol. The zero-order valence-corrected chi connectivity index (χ0v) is 11.6. The fraction of sp³-hybridized carbons (Fsp3) is 0.385. The number of aliphatic imine (C=N–C) groups is 1. The first-order valence-corrected chi connectivity index (χ1v) is 5.81. The fourth-order valence-electron chi connectivity index (χ4n) is 1.70. The quantitative estimate of drug-likeness (QED) is 0.707. The lowest BCUT2D eigenvalue weighted by Gasteiger charge is -2.12. The van der Waals surface area contributed by atoms with Crippen molar-refractivity contribution in [1.29, 1.82) is 0 Å². The highest BCUT2D eigenvalue weighted by molar-refractivity contribution is 6.13. The Bertz CT molecular complexity index is 488. The zero-order valence-electron chi connectivity index (χ0n) is 11.6. The van der Waals surface area contributed by atoms with Gasteiger partial charge in [-0.05, 0) is 25.5 Å². The summed E-state index contributed by atoms with van der Waals surface area (Å²) in [5, 5.41) is 6.06. The van der Waals surface area contributed by atoms with Gasteiger partial charge in [0.05, 0.1) is 11.4 Å². The van der Waals surface area contributed by atoms with Gasteiger partial charge in [0.15, 0.2) is 0 Å². The number of allylic oxidation sites excluding steroid dienone is 2. The Morgan fingerprint density at radius 3 is 2.44 bits per heavy atom. The summed E-state index contributed by atoms with van der Waals surface area (Å²) in [6, 6.07) is 1.88. The van der Waals surface area contributed by atoms with Crippen molar-refractivity contribution in [2.75, 3.05) is 32.2 Å². The van der Waals surface area contributed by atoms with Crippen LogP contribution in [0.15, 0.2) is 28.5 Å². The first-order chi connectivity index (χ1) is 8.54. The standard InChI is InChI=1S/C13H21N5/c1-8(9(2)15-3)12(16-4)10-6-11(14)13(17-5)18-7-10/h6-7,15H,14H2,1-5H3,(H,17,18)/b9-8+,16-12?. The maximum absolute atomic E-state index is 5.92. The van der Waals surface area contributed by atoms with Crippen molar-refractivity contribution in [3.05, 3.63) is 29.1 Å². The van der Waals surface area contributed by atoms with Crippen molar-refractivity contribution in [1.82, 2.24) is 10.3 Å². The molecular formula is C13H21N5. The van der Waals surface area contributed by atoms with Crippen LogP contribution in [0.5, 0.6) is 0 Å². The van der Waals surface area contributed by atoms with Crippen LogP contribution in [-0.2, 0) is 0 Å². The lowest BCUT2D eigenvalue weighted by molar-refractivity contribution is 0.973. The van der Waals surface area contributed by atoms with Gasteiger partial charge in [-0.3, -0.25) is 4.99 Å². The second-order valence-electron chi connectivity index (χ2n) is 3.98. The number of nitrogen functional groups attached to an aromatic ring is 1. The third-order valence-corrected chi connectivity index (χ3v) is 2.94. The van der Waals surface area contributed by atoms with Gasteiger partial charge in [0.25, 0.3) is 0 Å². The molecule has 18 heavy (non-hydrogen) atoms. The van der Waals surface area contributed by atoms with Gasteiger partial charge in [0.2, 0.25) is 0 Å². The van der Waals surface area contributed by atoms with E-state index in [9.17, 15) is 0 Å². The minimum absolute atomic E-state index is 0.617. The Morgan fingerprint density at radius 2 is 2.00 bits per heavy atom. The van der Waals surface area contributed by atoms with Crippen molar-refractivity contribution < 1.29 is 0 Å². The van der Waals surface area contributed by atoms with Crippen LogP contribution >= 0.6 is 0 Å². The van der Waals surface area contributed by atoms with E-state index in [1.165, 1.54) is 0 Å². The van der Waals surface area contributed by atoms with E-state index in [1.54, 1.807) is 20.3 Å². The van der Waals surface area contributed by atoms with E-state index in [1.807, 2.05) is 27.0 Å². The molecule has 1 rings (SSSR count). The minimum Gasteiger partial charge on any atom is -0.396 e. The number of rotatable bonds is 4. The molecule has 0 aliphatic rings. The Kier molecular flexibility index (Phi) is 4.71. The monoisotopic (exact) mass is 247 g/mol. The first kappa shape index (κ1) is 14.0. The van der Waals surface area contributed by atoms with Crippen LogP contribution in [-0.4, -0.2) is 31.8 Å². The molecule has 0 spiro atoms. The maximum atomic E-state index is 5.92. The number of nitrogens with one attached hydrogen (secondary N) is 2. The predicted molar refractivity (Wildman–Crippen MR) is 78.1 cm³/mol. The molecule has 98 valence electrons. The summed E-state index contributed by atoms with van der Waals surface area (Å²) in [6.45, 7) is 4.04. The normalized spacial score (nSPS) is 13.1. The van der Waals surface area contributed by atoms with Crippen molar-refractivity contribution in [3.63, 3.8) is 0 Å². The predicted octanol–water partition coefficient (Wildman–Crippen LogP) is 1.64. The lowest BCUT2D eigenvalue weighted by atomic mass is 10.0. The van der Waals surface area contributed by atoms with Gasteiger partial charge < -0.3 is 16.4 Å². The third kappa shape index (κ3) is 2.80. The number of aromatic nitrogens is 1. The second-order valence-corrected chi connectivity index (χ2v) is 3.98. The number of anilines is 2. The highest BCUT2D eigenvalue weighted by Crippen LogP contribution is 2.19. The molecule has 0 unspecified atom stereocenters. The molecule has 0 fully saturated rings. The Morgan fingerprint density at radius 1 is 1.33 bits per heavy atom. The molecule has 0 amide bonds. The van der Waals surface area contributed by atoms with Gasteiger partial charge in [-0.2, -0.15) is 0 Å². The SMILES string of the molecule is CN=C(/C(C)=C(\C)NC)c1cnc(NC)c(N)c1. The van der Waals surface area contributed by atoms with E-state index < -0.39 is 0 Å². The molecule has 4 N–H and O–H groups in total. The van der Waals surface area contributed by atoms with Crippen molar-refractivity contribution in [3.8, 4) is 0 Å². The molecule has 0 aliphatic carbocycles. The van der Waals surface area contributed by atoms with Crippen LogP contribution in [0.2, 0.25) is 0 Å². The topological polar surface area (TPSA) is 75.3 Å². The first-order valence-electron chi connectivity index (χ1n) is 5.81. The Labute approximate surface area is 108 Å². The van der Waals surface area contributed by atoms with Crippen LogP contribution in [0, 0.1) is 0 Å². The fourth-order valence-corrected chi connectivity index (χ4v) is 1.70. The Hall–Kier alpha value is -2.04. The van der Waals surface area contributed by atoms with E-state index in [0.29, 0.717) is 11.5 Å². The van der Waals surface area contributed by atoms with Gasteiger partial charge in [0, 0.05) is 38.6 Å². The molecule has 0 bridgehead atoms. The Balaban J connectivity index is 3.24. The smallest absolute Gasteiger partial charge is 0.148 e. The van der Waals surface area contributed by atoms with E-state index >= 15 is 0 Å². The molecule has 0 saturated carbocycles. The number of nitrogens with zero attached hydrogens (tertiary/aromatic N) is 2. The summed E-state index contributed by atoms with van der Waals surface area (Å²) in [4.78, 5) is 8.60. The van der Waals surface area contributed by atoms with E-state index in [-0.39, 0.29) is 0 Å². The summed E-state index contributed by atoms with van der Waals surface area (Å²) >= 11 is 0. The van der Waals surface area contributed by atoms with E-state index in [0.717, 1.165) is 22.5 Å². The number of hydrogen-bond donors (Lipinski definition) is 3. The summed E-state index contributed by atoms with van der Waals surface area (Å²) in [5.74, 6) is 0.682. The molecule has 5 heteroatoms. The zero-order chi connectivity index (χ0) is 13.7. The number of hydrogen-bond acceptors (Lipinski definition) is 5. The van der Waals surface area contributed by atoms with Gasteiger partial charge >= 0.3 is 0 Å². The van der Waals surface area contributed by atoms with Crippen molar-refractivity contribution >= 4 is 17.2 Å². The number of pyridine rings is 1. The van der Waals surface area contributed by atoms with E-state index in [4.69, 9.17) is 5.73 Å². The summed E-state index contributed by atoms with van der Waals surface area (Å²) < 4.78 is 0. The molecule has 0 aliphatic heterocycles. The molecule has 5 nitrogen and oxygen atoms in total. The third-order valence-electron chi connectivity index (χ3n) is 2.94. The average Bonchev–Trinajstić information content (AvgIpc) is 2.38. The van der Waals surface area contributed by atoms with Crippen LogP contribution in [0.1, 0.15) is 19.4 Å². The summed E-state index contributed by atoms with van der Waals surface area (Å²) in [7, 11) is 5.45. The molecule has 1 aromatic heterocycles. The largest absolute Gasteiger partial charge is 0.396 e. The maximum Gasteiger partial charge on any atom is 0.148 e. The molecule has 0 radical (unpaired) electrons. The van der Waals surface area contributed by atoms with Crippen LogP contribution in [0.25, 0.3) is 0 Å². The highest BCUT2D eigenvalue weighted by atomic mass is 15.0. The molecule has 1 heterocycles. The lowest BCUT2D eigenvalue weighted by Crippen LogP contribution is -2.13. The van der Waals surface area contributed by atoms with Gasteiger partial charge in [-0.1, -0.05) is 0 Å². The number of nitrogens with two attached hydrogens (primary N) is 1. The highest BCUT2D eigenvalue weighted by Gasteiger charge is 2.10. The summed E-state index contributed by atoms with van der Waals surface area (Å²) in [5.41, 5.74) is 10.5. The van der Waals surface area contributed by atoms with Gasteiger partial charge in [-0.15, -0.1) is 0 Å². The molecule has 0 aromatic carbocycles. The molecule has 0 atom stereocenters. The van der Waals surface area contributed by atoms with Crippen molar-refractivity contribution in [2.24, 2.45) is 4.99 Å². The van der Waals surface area contributed by atoms with Crippen LogP contribution in [0.3, 0.4) is 0 Å². The van der Waals surface area contributed by atoms with Crippen molar-refractivity contribution in [2.45, 2.75) is 13.8 Å². The second kappa shape index (κ2) is 6.05. The molecule has 0 saturated heterocycles. The van der Waals surface area contributed by atoms with Gasteiger partial charge in [-0.25, -0.2) is 4.98 Å². The minimum atomic E-state index is 0.617. The summed E-state index contributed by atoms with van der Waals surface area (Å²) in [6.07, 6.45) is 1.77. The van der Waals surface area contributed by atoms with Crippen LogP contribution in [0.4, 0.5) is 11.5 Å².